The molecule has 0 atom stereocenters. The van der Waals surface area contributed by atoms with Crippen LogP contribution in [0.2, 0.25) is 0 Å². The van der Waals surface area contributed by atoms with Crippen molar-refractivity contribution in [2.24, 2.45) is 5.73 Å². The van der Waals surface area contributed by atoms with Crippen molar-refractivity contribution in [3.63, 3.8) is 0 Å². The second-order valence-corrected chi connectivity index (χ2v) is 3.51. The highest BCUT2D eigenvalue weighted by molar-refractivity contribution is 5.92. The molecule has 1 amide bonds. The number of benzene rings is 1. The predicted molar refractivity (Wildman–Crippen MR) is 65.0 cm³/mol. The van der Waals surface area contributed by atoms with Crippen molar-refractivity contribution >= 4 is 5.91 Å². The summed E-state index contributed by atoms with van der Waals surface area (Å²) in [4.78, 5) is 11.2. The van der Waals surface area contributed by atoms with E-state index < -0.39 is 5.91 Å². The average Bonchev–Trinajstić information content (AvgIpc) is 2.75. The number of amides is 1. The van der Waals surface area contributed by atoms with Crippen LogP contribution >= 0.6 is 0 Å². The number of carbonyl (C=O) groups is 1. The van der Waals surface area contributed by atoms with Gasteiger partial charge in [-0.3, -0.25) is 4.79 Å². The van der Waals surface area contributed by atoms with Gasteiger partial charge in [0.25, 0.3) is 5.91 Å². The highest BCUT2D eigenvalue weighted by Crippen LogP contribution is 2.18. The number of rotatable bonds is 3. The Kier molecular flexibility index (Phi) is 2.93. The minimum absolute atomic E-state index is 0.227. The Morgan fingerprint density at radius 1 is 1.41 bits per heavy atom. The van der Waals surface area contributed by atoms with Gasteiger partial charge in [0.05, 0.1) is 5.69 Å². The number of hydrogen-bond donors (Lipinski definition) is 1. The number of terminal acetylenes is 1. The van der Waals surface area contributed by atoms with Gasteiger partial charge in [-0.1, -0.05) is 36.3 Å². The lowest BCUT2D eigenvalue weighted by Crippen LogP contribution is -2.17. The van der Waals surface area contributed by atoms with E-state index >= 15 is 0 Å². The maximum atomic E-state index is 11.2. The van der Waals surface area contributed by atoms with Crippen LogP contribution in [0.5, 0.6) is 0 Å². The van der Waals surface area contributed by atoms with E-state index in [9.17, 15) is 4.79 Å². The van der Waals surface area contributed by atoms with E-state index in [4.69, 9.17) is 12.2 Å². The van der Waals surface area contributed by atoms with E-state index in [1.54, 1.807) is 6.07 Å². The summed E-state index contributed by atoms with van der Waals surface area (Å²) in [6, 6.07) is 11.2. The predicted octanol–water partition coefficient (Wildman–Crippen LogP) is 1.28. The van der Waals surface area contributed by atoms with Crippen LogP contribution < -0.4 is 5.73 Å². The minimum Gasteiger partial charge on any atom is -0.364 e. The molecule has 2 aromatic rings. The molecule has 0 unspecified atom stereocenters. The first-order valence-electron chi connectivity index (χ1n) is 5.09. The molecular formula is C13H11N3O. The zero-order chi connectivity index (χ0) is 12.3. The SMILES string of the molecule is C#CCn1nc(-c2ccccc2)cc1C(N)=O. The summed E-state index contributed by atoms with van der Waals surface area (Å²) in [7, 11) is 0. The summed E-state index contributed by atoms with van der Waals surface area (Å²) in [5.41, 5.74) is 7.20. The number of primary amides is 1. The van der Waals surface area contributed by atoms with E-state index in [1.807, 2.05) is 30.3 Å². The van der Waals surface area contributed by atoms with Crippen molar-refractivity contribution in [1.29, 1.82) is 0 Å². The molecule has 2 N–H and O–H groups in total. The molecule has 1 aromatic heterocycles. The summed E-state index contributed by atoms with van der Waals surface area (Å²) in [5.74, 6) is 1.90. The van der Waals surface area contributed by atoms with E-state index in [1.165, 1.54) is 4.68 Å². The van der Waals surface area contributed by atoms with Gasteiger partial charge in [-0.2, -0.15) is 5.10 Å². The van der Waals surface area contributed by atoms with Crippen LogP contribution in [0.1, 0.15) is 10.5 Å². The topological polar surface area (TPSA) is 60.9 Å². The molecule has 0 spiro atoms. The molecule has 0 aliphatic heterocycles. The fourth-order valence-corrected chi connectivity index (χ4v) is 1.57. The Bertz CT molecular complexity index is 578. The summed E-state index contributed by atoms with van der Waals surface area (Å²) < 4.78 is 1.44. The Balaban J connectivity index is 2.48. The third-order valence-electron chi connectivity index (χ3n) is 2.34. The summed E-state index contributed by atoms with van der Waals surface area (Å²) in [6.45, 7) is 0.227. The molecule has 0 aliphatic rings. The van der Waals surface area contributed by atoms with Crippen molar-refractivity contribution in [3.05, 3.63) is 42.1 Å². The molecule has 17 heavy (non-hydrogen) atoms. The van der Waals surface area contributed by atoms with Crippen LogP contribution in [-0.4, -0.2) is 15.7 Å². The third kappa shape index (κ3) is 2.18. The average molecular weight is 225 g/mol. The van der Waals surface area contributed by atoms with Crippen LogP contribution in [0.4, 0.5) is 0 Å². The van der Waals surface area contributed by atoms with Crippen molar-refractivity contribution < 1.29 is 4.79 Å². The number of nitrogens with two attached hydrogens (primary N) is 1. The molecule has 84 valence electrons. The quantitative estimate of drug-likeness (QED) is 0.800. The van der Waals surface area contributed by atoms with Gasteiger partial charge in [0.2, 0.25) is 0 Å². The maximum absolute atomic E-state index is 11.2. The first-order valence-corrected chi connectivity index (χ1v) is 5.09. The van der Waals surface area contributed by atoms with E-state index in [-0.39, 0.29) is 6.54 Å². The molecule has 0 saturated heterocycles. The standard InChI is InChI=1S/C13H11N3O/c1-2-8-16-12(13(14)17)9-11(15-16)10-6-4-3-5-7-10/h1,3-7,9H,8H2,(H2,14,17). The second kappa shape index (κ2) is 4.54. The smallest absolute Gasteiger partial charge is 0.267 e. The lowest BCUT2D eigenvalue weighted by atomic mass is 10.1. The Hall–Kier alpha value is -2.54. The van der Waals surface area contributed by atoms with Crippen LogP contribution in [-0.2, 0) is 6.54 Å². The summed E-state index contributed by atoms with van der Waals surface area (Å²) in [5, 5.41) is 4.26. The largest absolute Gasteiger partial charge is 0.364 e. The number of carbonyl (C=O) groups excluding carboxylic acids is 1. The van der Waals surface area contributed by atoms with Crippen molar-refractivity contribution in [1.82, 2.24) is 9.78 Å². The molecule has 0 fully saturated rings. The zero-order valence-corrected chi connectivity index (χ0v) is 9.13. The molecule has 0 aliphatic carbocycles. The summed E-state index contributed by atoms with van der Waals surface area (Å²) in [6.07, 6.45) is 5.21. The maximum Gasteiger partial charge on any atom is 0.267 e. The van der Waals surface area contributed by atoms with Crippen molar-refractivity contribution in [3.8, 4) is 23.6 Å². The van der Waals surface area contributed by atoms with Crippen LogP contribution in [0, 0.1) is 12.3 Å². The lowest BCUT2D eigenvalue weighted by Gasteiger charge is -1.98. The fraction of sp³-hybridized carbons (Fsp3) is 0.0769. The van der Waals surface area contributed by atoms with Crippen LogP contribution in [0.25, 0.3) is 11.3 Å². The highest BCUT2D eigenvalue weighted by Gasteiger charge is 2.12. The monoisotopic (exact) mass is 225 g/mol. The summed E-state index contributed by atoms with van der Waals surface area (Å²) >= 11 is 0. The van der Waals surface area contributed by atoms with Crippen LogP contribution in [0.15, 0.2) is 36.4 Å². The number of aromatic nitrogens is 2. The van der Waals surface area contributed by atoms with E-state index in [2.05, 4.69) is 11.0 Å². The molecule has 0 bridgehead atoms. The number of nitrogens with zero attached hydrogens (tertiary/aromatic N) is 2. The van der Waals surface area contributed by atoms with Gasteiger partial charge in [0.1, 0.15) is 12.2 Å². The molecule has 2 rings (SSSR count). The van der Waals surface area contributed by atoms with E-state index in [0.29, 0.717) is 11.4 Å². The van der Waals surface area contributed by atoms with Gasteiger partial charge in [0.15, 0.2) is 0 Å². The molecule has 0 saturated carbocycles. The van der Waals surface area contributed by atoms with Gasteiger partial charge in [-0.25, -0.2) is 4.68 Å². The highest BCUT2D eigenvalue weighted by atomic mass is 16.1. The minimum atomic E-state index is -0.532. The van der Waals surface area contributed by atoms with Gasteiger partial charge in [-0.05, 0) is 6.07 Å². The Morgan fingerprint density at radius 2 is 2.12 bits per heavy atom. The van der Waals surface area contributed by atoms with Crippen LogP contribution in [0.3, 0.4) is 0 Å². The first-order chi connectivity index (χ1) is 8.22. The fourth-order valence-electron chi connectivity index (χ4n) is 1.57. The van der Waals surface area contributed by atoms with Gasteiger partial charge >= 0.3 is 0 Å². The Morgan fingerprint density at radius 3 is 2.71 bits per heavy atom. The molecular weight excluding hydrogens is 214 g/mol. The molecule has 1 heterocycles. The van der Waals surface area contributed by atoms with Crippen molar-refractivity contribution in [2.75, 3.05) is 0 Å². The zero-order valence-electron chi connectivity index (χ0n) is 9.13. The molecule has 4 nitrogen and oxygen atoms in total. The number of hydrogen-bond acceptors (Lipinski definition) is 2. The van der Waals surface area contributed by atoms with Gasteiger partial charge in [0, 0.05) is 5.56 Å². The normalized spacial score (nSPS) is 9.82. The molecule has 0 radical (unpaired) electrons. The molecule has 1 aromatic carbocycles. The van der Waals surface area contributed by atoms with Gasteiger partial charge in [-0.15, -0.1) is 6.42 Å². The Labute approximate surface area is 99.1 Å². The van der Waals surface area contributed by atoms with Crippen molar-refractivity contribution in [2.45, 2.75) is 6.54 Å². The van der Waals surface area contributed by atoms with Gasteiger partial charge < -0.3 is 5.73 Å². The first kappa shape index (κ1) is 11.0. The lowest BCUT2D eigenvalue weighted by molar-refractivity contribution is 0.0991. The second-order valence-electron chi connectivity index (χ2n) is 3.51. The third-order valence-corrected chi connectivity index (χ3v) is 2.34. The van der Waals surface area contributed by atoms with E-state index in [0.717, 1.165) is 5.56 Å². The molecule has 4 heteroatoms.